The molecule has 1 amide bonds. The SMILES string of the molecule is C[S+]([O-])c1nc2c(c(N3CCN(C(=O)OCc4ccccc4)[C@@H](CC#N)C3)n1)CCC1(CCCc3ccccc31)O2. The Labute approximate surface area is 243 Å². The van der Waals surface area contributed by atoms with Crippen molar-refractivity contribution < 1.29 is 18.8 Å². The summed E-state index contributed by atoms with van der Waals surface area (Å²) in [6.45, 7) is 1.45. The van der Waals surface area contributed by atoms with Gasteiger partial charge in [0.15, 0.2) is 0 Å². The number of hydrogen-bond donors (Lipinski definition) is 0. The van der Waals surface area contributed by atoms with Crippen molar-refractivity contribution in [3.8, 4) is 11.9 Å². The molecule has 41 heavy (non-hydrogen) atoms. The molecule has 212 valence electrons. The predicted octanol–water partition coefficient (Wildman–Crippen LogP) is 4.51. The summed E-state index contributed by atoms with van der Waals surface area (Å²) in [7, 11) is 0. The zero-order valence-corrected chi connectivity index (χ0v) is 23.9. The van der Waals surface area contributed by atoms with E-state index in [0.29, 0.717) is 31.3 Å². The number of aromatic nitrogens is 2. The Bertz CT molecular complexity index is 1460. The van der Waals surface area contributed by atoms with E-state index in [1.807, 2.05) is 30.3 Å². The lowest BCUT2D eigenvalue weighted by atomic mass is 9.75. The molecule has 3 aliphatic rings. The smallest absolute Gasteiger partial charge is 0.410 e. The van der Waals surface area contributed by atoms with E-state index >= 15 is 0 Å². The lowest BCUT2D eigenvalue weighted by Gasteiger charge is -2.44. The number of rotatable bonds is 5. The summed E-state index contributed by atoms with van der Waals surface area (Å²) in [5.74, 6) is 1.17. The lowest BCUT2D eigenvalue weighted by molar-refractivity contribution is 0.0191. The van der Waals surface area contributed by atoms with Gasteiger partial charge in [0.25, 0.3) is 0 Å². The van der Waals surface area contributed by atoms with Gasteiger partial charge < -0.3 is 23.8 Å². The molecule has 0 saturated carbocycles. The summed E-state index contributed by atoms with van der Waals surface area (Å²) < 4.78 is 25.0. The molecule has 0 N–H and O–H groups in total. The molecule has 0 bridgehead atoms. The fraction of sp³-hybridized carbons (Fsp3) is 0.419. The molecule has 2 aromatic carbocycles. The molecule has 1 spiro atoms. The van der Waals surface area contributed by atoms with Crippen molar-refractivity contribution >= 4 is 23.1 Å². The third-order valence-electron chi connectivity index (χ3n) is 8.34. The highest BCUT2D eigenvalue weighted by molar-refractivity contribution is 7.90. The maximum atomic E-state index is 13.0. The highest BCUT2D eigenvalue weighted by Crippen LogP contribution is 2.47. The van der Waals surface area contributed by atoms with Gasteiger partial charge in [-0.2, -0.15) is 10.2 Å². The van der Waals surface area contributed by atoms with Crippen LogP contribution in [0, 0.1) is 11.3 Å². The van der Waals surface area contributed by atoms with E-state index in [-0.39, 0.29) is 24.2 Å². The Morgan fingerprint density at radius 2 is 1.95 bits per heavy atom. The molecule has 1 saturated heterocycles. The molecule has 2 aliphatic heterocycles. The van der Waals surface area contributed by atoms with Crippen molar-refractivity contribution in [2.75, 3.05) is 30.8 Å². The number of fused-ring (bicyclic) bond motifs is 3. The maximum absolute atomic E-state index is 13.0. The van der Waals surface area contributed by atoms with Gasteiger partial charge in [0, 0.05) is 30.8 Å². The Kier molecular flexibility index (Phi) is 7.73. The largest absolute Gasteiger partial charge is 0.609 e. The molecule has 10 heteroatoms. The second-order valence-corrected chi connectivity index (χ2v) is 12.1. The fourth-order valence-electron chi connectivity index (χ4n) is 6.31. The minimum atomic E-state index is -1.42. The number of piperazine rings is 1. The zero-order chi connectivity index (χ0) is 28.4. The first-order valence-corrected chi connectivity index (χ1v) is 15.6. The monoisotopic (exact) mass is 571 g/mol. The predicted molar refractivity (Wildman–Crippen MR) is 154 cm³/mol. The highest BCUT2D eigenvalue weighted by Gasteiger charge is 2.44. The molecule has 6 rings (SSSR count). The summed E-state index contributed by atoms with van der Waals surface area (Å²) in [6, 6.07) is 19.8. The van der Waals surface area contributed by atoms with Gasteiger partial charge in [0.2, 0.25) is 5.88 Å². The fourth-order valence-corrected chi connectivity index (χ4v) is 6.73. The summed E-state index contributed by atoms with van der Waals surface area (Å²) in [5, 5.41) is 9.80. The van der Waals surface area contributed by atoms with Crippen LogP contribution in [-0.2, 0) is 41.0 Å². The van der Waals surface area contributed by atoms with Crippen molar-refractivity contribution in [3.63, 3.8) is 0 Å². The Morgan fingerprint density at radius 3 is 2.76 bits per heavy atom. The second-order valence-electron chi connectivity index (χ2n) is 10.9. The summed E-state index contributed by atoms with van der Waals surface area (Å²) in [4.78, 5) is 26.1. The van der Waals surface area contributed by atoms with E-state index in [2.05, 4.69) is 40.2 Å². The molecule has 3 aromatic rings. The van der Waals surface area contributed by atoms with Gasteiger partial charge in [-0.15, -0.1) is 4.98 Å². The third kappa shape index (κ3) is 5.44. The van der Waals surface area contributed by atoms with E-state index in [4.69, 9.17) is 14.5 Å². The first-order valence-electron chi connectivity index (χ1n) is 14.1. The quantitative estimate of drug-likeness (QED) is 0.325. The van der Waals surface area contributed by atoms with Gasteiger partial charge in [0.05, 0.1) is 24.1 Å². The Hall–Kier alpha value is -3.81. The molecule has 2 unspecified atom stereocenters. The third-order valence-corrected chi connectivity index (χ3v) is 9.04. The van der Waals surface area contributed by atoms with Crippen molar-refractivity contribution in [3.05, 3.63) is 76.9 Å². The van der Waals surface area contributed by atoms with Crippen molar-refractivity contribution in [2.45, 2.75) is 61.9 Å². The minimum absolute atomic E-state index is 0.160. The average molecular weight is 572 g/mol. The van der Waals surface area contributed by atoms with Gasteiger partial charge >= 0.3 is 11.2 Å². The maximum Gasteiger partial charge on any atom is 0.410 e. The molecule has 1 aliphatic carbocycles. The number of amides is 1. The first-order chi connectivity index (χ1) is 20.0. The lowest BCUT2D eigenvalue weighted by Crippen LogP contribution is -2.55. The average Bonchev–Trinajstić information content (AvgIpc) is 3.00. The van der Waals surface area contributed by atoms with Crippen LogP contribution in [0.15, 0.2) is 59.8 Å². The second kappa shape index (κ2) is 11.6. The van der Waals surface area contributed by atoms with Crippen LogP contribution in [-0.4, -0.2) is 57.4 Å². The van der Waals surface area contributed by atoms with Crippen LogP contribution in [0.2, 0.25) is 0 Å². The van der Waals surface area contributed by atoms with Gasteiger partial charge in [-0.1, -0.05) is 54.6 Å². The minimum Gasteiger partial charge on any atom is -0.609 e. The van der Waals surface area contributed by atoms with E-state index < -0.39 is 22.9 Å². The Morgan fingerprint density at radius 1 is 1.15 bits per heavy atom. The van der Waals surface area contributed by atoms with E-state index in [1.165, 1.54) is 11.1 Å². The summed E-state index contributed by atoms with van der Waals surface area (Å²) in [5.41, 5.74) is 3.87. The number of ether oxygens (including phenoxy) is 2. The van der Waals surface area contributed by atoms with Crippen molar-refractivity contribution in [2.24, 2.45) is 0 Å². The van der Waals surface area contributed by atoms with E-state index in [9.17, 15) is 14.6 Å². The molecular weight excluding hydrogens is 538 g/mol. The molecule has 1 fully saturated rings. The van der Waals surface area contributed by atoms with Crippen LogP contribution < -0.4 is 9.64 Å². The number of hydrogen-bond acceptors (Lipinski definition) is 8. The highest BCUT2D eigenvalue weighted by atomic mass is 32.2. The number of benzene rings is 2. The van der Waals surface area contributed by atoms with Crippen LogP contribution in [0.25, 0.3) is 0 Å². The summed E-state index contributed by atoms with van der Waals surface area (Å²) >= 11 is -1.42. The van der Waals surface area contributed by atoms with Gasteiger partial charge in [-0.05, 0) is 48.8 Å². The number of anilines is 1. The number of aryl methyl sites for hydroxylation is 1. The van der Waals surface area contributed by atoms with E-state index in [0.717, 1.165) is 43.2 Å². The van der Waals surface area contributed by atoms with Crippen LogP contribution in [0.4, 0.5) is 10.6 Å². The van der Waals surface area contributed by atoms with Gasteiger partial charge in [0.1, 0.15) is 24.3 Å². The Balaban J connectivity index is 1.26. The van der Waals surface area contributed by atoms with Gasteiger partial charge in [-0.25, -0.2) is 4.79 Å². The van der Waals surface area contributed by atoms with Crippen LogP contribution >= 0.6 is 0 Å². The molecule has 0 radical (unpaired) electrons. The number of nitriles is 1. The standard InChI is InChI=1S/C31H33N5O4S/c1-41(38)29-33-27(25-13-16-31(40-28(25)34-29)15-7-11-23-10-5-6-12-26(23)31)35-18-19-36(24(20-35)14-17-32)30(37)39-21-22-8-3-2-4-9-22/h2-6,8-10,12,24H,7,11,13-16,18-21H2,1H3/t24-,31?,41?/m0/s1. The topological polar surface area (TPSA) is 115 Å². The normalized spacial score (nSPS) is 22.2. The number of carbonyl (C=O) groups is 1. The van der Waals surface area contributed by atoms with Gasteiger partial charge in [-0.3, -0.25) is 0 Å². The number of carbonyl (C=O) groups excluding carboxylic acids is 1. The summed E-state index contributed by atoms with van der Waals surface area (Å²) in [6.07, 6.45) is 5.79. The molecule has 9 nitrogen and oxygen atoms in total. The number of nitrogens with zero attached hydrogens (tertiary/aromatic N) is 5. The van der Waals surface area contributed by atoms with Crippen LogP contribution in [0.3, 0.4) is 0 Å². The van der Waals surface area contributed by atoms with Crippen molar-refractivity contribution in [1.29, 1.82) is 5.26 Å². The molecule has 3 heterocycles. The first kappa shape index (κ1) is 27.4. The van der Waals surface area contributed by atoms with Crippen LogP contribution in [0.1, 0.15) is 47.9 Å². The molecule has 1 aromatic heterocycles. The van der Waals surface area contributed by atoms with Crippen molar-refractivity contribution in [1.82, 2.24) is 14.9 Å². The zero-order valence-electron chi connectivity index (χ0n) is 23.1. The van der Waals surface area contributed by atoms with Crippen LogP contribution in [0.5, 0.6) is 5.88 Å². The molecular formula is C31H33N5O4S. The van der Waals surface area contributed by atoms with E-state index in [1.54, 1.807) is 11.2 Å². The molecule has 3 atom stereocenters.